The molecular formula is C16H25NO3. The quantitative estimate of drug-likeness (QED) is 0.828. The van der Waals surface area contributed by atoms with Crippen molar-refractivity contribution >= 4 is 0 Å². The van der Waals surface area contributed by atoms with Crippen molar-refractivity contribution in [3.63, 3.8) is 0 Å². The second-order valence-corrected chi connectivity index (χ2v) is 5.52. The Balaban J connectivity index is 1.83. The van der Waals surface area contributed by atoms with Gasteiger partial charge in [-0.05, 0) is 38.5 Å². The third-order valence-electron chi connectivity index (χ3n) is 3.48. The highest BCUT2D eigenvalue weighted by atomic mass is 16.5. The molecule has 1 heterocycles. The third kappa shape index (κ3) is 4.12. The third-order valence-corrected chi connectivity index (χ3v) is 3.48. The van der Waals surface area contributed by atoms with Crippen molar-refractivity contribution in [1.82, 2.24) is 4.90 Å². The smallest absolute Gasteiger partial charge is 0.161 e. The molecule has 0 aliphatic carbocycles. The van der Waals surface area contributed by atoms with Gasteiger partial charge in [-0.25, -0.2) is 0 Å². The second kappa shape index (κ2) is 6.95. The first kappa shape index (κ1) is 15.1. The molecular weight excluding hydrogens is 254 g/mol. The fourth-order valence-electron chi connectivity index (χ4n) is 2.65. The largest absolute Gasteiger partial charge is 0.493 e. The maximum Gasteiger partial charge on any atom is 0.161 e. The summed E-state index contributed by atoms with van der Waals surface area (Å²) >= 11 is 0. The first-order chi connectivity index (χ1) is 9.58. The minimum atomic E-state index is 0.299. The molecule has 1 aliphatic rings. The lowest BCUT2D eigenvalue weighted by molar-refractivity contribution is -0.0699. The summed E-state index contributed by atoms with van der Waals surface area (Å²) in [6.45, 7) is 9.80. The highest BCUT2D eigenvalue weighted by molar-refractivity contribution is 5.42. The van der Waals surface area contributed by atoms with Crippen LogP contribution in [0.4, 0.5) is 0 Å². The number of aryl methyl sites for hydroxylation is 1. The molecule has 2 unspecified atom stereocenters. The number of morpholine rings is 1. The molecule has 1 saturated heterocycles. The molecule has 2 atom stereocenters. The van der Waals surface area contributed by atoms with E-state index in [-0.39, 0.29) is 0 Å². The highest BCUT2D eigenvalue weighted by Crippen LogP contribution is 2.27. The molecule has 2 rings (SSSR count). The van der Waals surface area contributed by atoms with Gasteiger partial charge in [-0.2, -0.15) is 0 Å². The van der Waals surface area contributed by atoms with E-state index >= 15 is 0 Å². The van der Waals surface area contributed by atoms with E-state index in [1.807, 2.05) is 25.1 Å². The summed E-state index contributed by atoms with van der Waals surface area (Å²) in [4.78, 5) is 2.39. The van der Waals surface area contributed by atoms with E-state index in [1.54, 1.807) is 7.11 Å². The van der Waals surface area contributed by atoms with Gasteiger partial charge >= 0.3 is 0 Å². The van der Waals surface area contributed by atoms with Crippen molar-refractivity contribution in [3.8, 4) is 11.5 Å². The van der Waals surface area contributed by atoms with Crippen LogP contribution in [-0.2, 0) is 4.74 Å². The van der Waals surface area contributed by atoms with E-state index in [1.165, 1.54) is 5.56 Å². The van der Waals surface area contributed by atoms with Gasteiger partial charge in [0, 0.05) is 19.6 Å². The van der Waals surface area contributed by atoms with Gasteiger partial charge in [0.1, 0.15) is 6.61 Å². The molecule has 0 N–H and O–H groups in total. The van der Waals surface area contributed by atoms with Gasteiger partial charge in [0.25, 0.3) is 0 Å². The van der Waals surface area contributed by atoms with Crippen LogP contribution in [0.25, 0.3) is 0 Å². The van der Waals surface area contributed by atoms with Gasteiger partial charge in [-0.1, -0.05) is 6.07 Å². The van der Waals surface area contributed by atoms with Gasteiger partial charge in [0.15, 0.2) is 11.5 Å². The lowest BCUT2D eigenvalue weighted by atomic mass is 10.2. The summed E-state index contributed by atoms with van der Waals surface area (Å²) in [6, 6.07) is 6.00. The Morgan fingerprint density at radius 3 is 2.55 bits per heavy atom. The minimum Gasteiger partial charge on any atom is -0.493 e. The van der Waals surface area contributed by atoms with Crippen LogP contribution in [-0.4, -0.2) is 50.5 Å². The van der Waals surface area contributed by atoms with Crippen LogP contribution in [0.5, 0.6) is 11.5 Å². The number of benzene rings is 1. The van der Waals surface area contributed by atoms with Gasteiger partial charge in [0.2, 0.25) is 0 Å². The molecule has 0 bridgehead atoms. The predicted molar refractivity (Wildman–Crippen MR) is 79.7 cm³/mol. The summed E-state index contributed by atoms with van der Waals surface area (Å²) < 4.78 is 16.9. The van der Waals surface area contributed by atoms with Crippen molar-refractivity contribution in [2.45, 2.75) is 33.0 Å². The molecule has 0 spiro atoms. The zero-order valence-electron chi connectivity index (χ0n) is 12.9. The van der Waals surface area contributed by atoms with E-state index in [4.69, 9.17) is 14.2 Å². The predicted octanol–water partition coefficient (Wildman–Crippen LogP) is 2.49. The number of ether oxygens (including phenoxy) is 3. The standard InChI is InChI=1S/C16H25NO3/c1-12-5-6-15(16(9-12)18-4)19-8-7-17-10-13(2)20-14(3)11-17/h5-6,9,13-14H,7-8,10-11H2,1-4H3. The fourth-order valence-corrected chi connectivity index (χ4v) is 2.65. The van der Waals surface area contributed by atoms with Gasteiger partial charge in [-0.15, -0.1) is 0 Å². The minimum absolute atomic E-state index is 0.299. The van der Waals surface area contributed by atoms with E-state index in [0.717, 1.165) is 31.1 Å². The number of hydrogen-bond donors (Lipinski definition) is 0. The monoisotopic (exact) mass is 279 g/mol. The summed E-state index contributed by atoms with van der Waals surface area (Å²) in [6.07, 6.45) is 0.598. The van der Waals surface area contributed by atoms with Crippen LogP contribution in [0.3, 0.4) is 0 Å². The molecule has 1 aromatic rings. The van der Waals surface area contributed by atoms with Crippen LogP contribution < -0.4 is 9.47 Å². The van der Waals surface area contributed by atoms with Crippen LogP contribution in [0.2, 0.25) is 0 Å². The van der Waals surface area contributed by atoms with Crippen LogP contribution >= 0.6 is 0 Å². The number of hydrogen-bond acceptors (Lipinski definition) is 4. The summed E-state index contributed by atoms with van der Waals surface area (Å²) in [5.41, 5.74) is 1.17. The normalized spacial score (nSPS) is 23.6. The van der Waals surface area contributed by atoms with Crippen molar-refractivity contribution in [2.24, 2.45) is 0 Å². The van der Waals surface area contributed by atoms with E-state index in [0.29, 0.717) is 18.8 Å². The summed E-state index contributed by atoms with van der Waals surface area (Å²) in [5, 5.41) is 0. The number of methoxy groups -OCH3 is 1. The van der Waals surface area contributed by atoms with E-state index in [9.17, 15) is 0 Å². The molecule has 1 aliphatic heterocycles. The molecule has 0 saturated carbocycles. The summed E-state index contributed by atoms with van der Waals surface area (Å²) in [7, 11) is 1.67. The van der Waals surface area contributed by atoms with Gasteiger partial charge in [-0.3, -0.25) is 4.90 Å². The van der Waals surface area contributed by atoms with Gasteiger partial charge in [0.05, 0.1) is 19.3 Å². The molecule has 0 aromatic heterocycles. The first-order valence-corrected chi connectivity index (χ1v) is 7.23. The van der Waals surface area contributed by atoms with E-state index in [2.05, 4.69) is 18.7 Å². The summed E-state index contributed by atoms with van der Waals surface area (Å²) in [5.74, 6) is 1.61. The average molecular weight is 279 g/mol. The molecule has 1 aromatic carbocycles. The van der Waals surface area contributed by atoms with Crippen LogP contribution in [0, 0.1) is 6.92 Å². The Morgan fingerprint density at radius 1 is 1.20 bits per heavy atom. The maximum absolute atomic E-state index is 5.85. The number of rotatable bonds is 5. The highest BCUT2D eigenvalue weighted by Gasteiger charge is 2.21. The molecule has 4 heteroatoms. The van der Waals surface area contributed by atoms with E-state index < -0.39 is 0 Å². The number of nitrogens with zero attached hydrogens (tertiary/aromatic N) is 1. The first-order valence-electron chi connectivity index (χ1n) is 7.23. The lowest BCUT2D eigenvalue weighted by Crippen LogP contribution is -2.46. The molecule has 112 valence electrons. The van der Waals surface area contributed by atoms with Crippen molar-refractivity contribution < 1.29 is 14.2 Å². The SMILES string of the molecule is COc1cc(C)ccc1OCCN1CC(C)OC(C)C1. The molecule has 0 amide bonds. The van der Waals surface area contributed by atoms with Gasteiger partial charge < -0.3 is 14.2 Å². The van der Waals surface area contributed by atoms with Crippen LogP contribution in [0.15, 0.2) is 18.2 Å². The Kier molecular flexibility index (Phi) is 5.26. The van der Waals surface area contributed by atoms with Crippen molar-refractivity contribution in [1.29, 1.82) is 0 Å². The Labute approximate surface area is 121 Å². The zero-order chi connectivity index (χ0) is 14.5. The Morgan fingerprint density at radius 2 is 1.90 bits per heavy atom. The molecule has 1 fully saturated rings. The average Bonchev–Trinajstić information content (AvgIpc) is 2.39. The van der Waals surface area contributed by atoms with Crippen LogP contribution in [0.1, 0.15) is 19.4 Å². The zero-order valence-corrected chi connectivity index (χ0v) is 12.9. The Hall–Kier alpha value is -1.26. The van der Waals surface area contributed by atoms with Crippen molar-refractivity contribution in [3.05, 3.63) is 23.8 Å². The molecule has 4 nitrogen and oxygen atoms in total. The molecule has 0 radical (unpaired) electrons. The maximum atomic E-state index is 5.85. The fraction of sp³-hybridized carbons (Fsp3) is 0.625. The molecule has 20 heavy (non-hydrogen) atoms. The topological polar surface area (TPSA) is 30.9 Å². The Bertz CT molecular complexity index is 426. The van der Waals surface area contributed by atoms with Crippen molar-refractivity contribution in [2.75, 3.05) is 33.4 Å². The lowest BCUT2D eigenvalue weighted by Gasteiger charge is -2.35. The second-order valence-electron chi connectivity index (χ2n) is 5.52.